The number of pyridine rings is 1. The summed E-state index contributed by atoms with van der Waals surface area (Å²) in [4.78, 5) is 13.2. The Kier molecular flexibility index (Phi) is 3.81. The number of aromatic nitrogens is 4. The average Bonchev–Trinajstić information content (AvgIpc) is 2.84. The molecule has 3 rings (SSSR count). The highest BCUT2D eigenvalue weighted by Crippen LogP contribution is 2.27. The summed E-state index contributed by atoms with van der Waals surface area (Å²) < 4.78 is 7.35. The number of hydrogen-bond donors (Lipinski definition) is 1. The van der Waals surface area contributed by atoms with Gasteiger partial charge < -0.3 is 14.4 Å². The summed E-state index contributed by atoms with van der Waals surface area (Å²) in [6.45, 7) is 2.69. The zero-order chi connectivity index (χ0) is 14.8. The van der Waals surface area contributed by atoms with Crippen molar-refractivity contribution >= 4 is 22.1 Å². The van der Waals surface area contributed by atoms with Crippen LogP contribution in [0.3, 0.4) is 0 Å². The predicted octanol–water partition coefficient (Wildman–Crippen LogP) is 1.69. The number of rotatable bonds is 5. The van der Waals surface area contributed by atoms with Gasteiger partial charge in [0, 0.05) is 19.9 Å². The summed E-state index contributed by atoms with van der Waals surface area (Å²) in [7, 11) is 1.61. The lowest BCUT2D eigenvalue weighted by Gasteiger charge is -2.13. The Morgan fingerprint density at radius 3 is 2.95 bits per heavy atom. The molecule has 0 saturated heterocycles. The molecule has 6 nitrogen and oxygen atoms in total. The van der Waals surface area contributed by atoms with Gasteiger partial charge in [0.1, 0.15) is 12.0 Å². The van der Waals surface area contributed by atoms with Crippen molar-refractivity contribution in [2.24, 2.45) is 0 Å². The molecule has 0 aromatic carbocycles. The number of ether oxygens (including phenoxy) is 1. The summed E-state index contributed by atoms with van der Waals surface area (Å²) in [5, 5.41) is 10.2. The van der Waals surface area contributed by atoms with E-state index in [2.05, 4.69) is 19.5 Å². The van der Waals surface area contributed by atoms with Crippen molar-refractivity contribution in [1.82, 2.24) is 19.5 Å². The number of aliphatic hydroxyl groups excluding tert-OH is 1. The van der Waals surface area contributed by atoms with Crippen LogP contribution in [-0.2, 0) is 11.3 Å². The molecule has 21 heavy (non-hydrogen) atoms. The third-order valence-electron chi connectivity index (χ3n) is 3.80. The van der Waals surface area contributed by atoms with Crippen LogP contribution >= 0.6 is 0 Å². The van der Waals surface area contributed by atoms with Gasteiger partial charge in [-0.3, -0.25) is 4.98 Å². The lowest BCUT2D eigenvalue weighted by atomic mass is 10.2. The topological polar surface area (TPSA) is 73.1 Å². The van der Waals surface area contributed by atoms with Crippen LogP contribution in [-0.4, -0.2) is 44.4 Å². The van der Waals surface area contributed by atoms with Crippen molar-refractivity contribution < 1.29 is 9.84 Å². The first-order chi connectivity index (χ1) is 10.3. The molecule has 0 radical (unpaired) electrons. The quantitative estimate of drug-likeness (QED) is 0.772. The normalized spacial score (nSPS) is 13.1. The van der Waals surface area contributed by atoms with E-state index in [0.717, 1.165) is 27.8 Å². The van der Waals surface area contributed by atoms with Crippen LogP contribution in [0.5, 0.6) is 0 Å². The van der Waals surface area contributed by atoms with Crippen molar-refractivity contribution in [3.63, 3.8) is 0 Å². The highest BCUT2D eigenvalue weighted by Gasteiger charge is 2.16. The molecule has 1 atom stereocenters. The van der Waals surface area contributed by atoms with Gasteiger partial charge in [-0.05, 0) is 25.5 Å². The standard InChI is InChI=1S/C15H18N4O2/c1-10-13-14-12(4-3-6-16-14)19(15(13)18-9-17-10)7-5-11(8-20)21-2/h3-4,6,9,11,20H,5,7-8H2,1-2H3. The van der Waals surface area contributed by atoms with Crippen molar-refractivity contribution in [3.8, 4) is 0 Å². The Morgan fingerprint density at radius 1 is 1.33 bits per heavy atom. The maximum atomic E-state index is 9.25. The van der Waals surface area contributed by atoms with E-state index in [4.69, 9.17) is 4.74 Å². The van der Waals surface area contributed by atoms with Crippen LogP contribution in [0.15, 0.2) is 24.7 Å². The second-order valence-electron chi connectivity index (χ2n) is 5.01. The number of nitrogens with zero attached hydrogens (tertiary/aromatic N) is 4. The van der Waals surface area contributed by atoms with E-state index in [1.165, 1.54) is 0 Å². The molecule has 0 aliphatic carbocycles. The average molecular weight is 286 g/mol. The summed E-state index contributed by atoms with van der Waals surface area (Å²) in [6, 6.07) is 3.95. The van der Waals surface area contributed by atoms with E-state index in [1.807, 2.05) is 19.1 Å². The van der Waals surface area contributed by atoms with Crippen LogP contribution in [0.4, 0.5) is 0 Å². The number of aryl methyl sites for hydroxylation is 2. The maximum absolute atomic E-state index is 9.25. The Hall–Kier alpha value is -2.05. The Balaban J connectivity index is 2.13. The minimum absolute atomic E-state index is 0.0138. The minimum atomic E-state index is -0.169. The second-order valence-corrected chi connectivity index (χ2v) is 5.01. The summed E-state index contributed by atoms with van der Waals surface area (Å²) in [6.07, 6.45) is 3.90. The first-order valence-corrected chi connectivity index (χ1v) is 6.94. The third-order valence-corrected chi connectivity index (χ3v) is 3.80. The molecule has 110 valence electrons. The van der Waals surface area contributed by atoms with Crippen LogP contribution in [0.25, 0.3) is 22.1 Å². The molecular weight excluding hydrogens is 268 g/mol. The van der Waals surface area contributed by atoms with E-state index in [9.17, 15) is 5.11 Å². The predicted molar refractivity (Wildman–Crippen MR) is 80.1 cm³/mol. The molecule has 6 heteroatoms. The number of aliphatic hydroxyl groups is 1. The molecule has 3 heterocycles. The molecular formula is C15H18N4O2. The number of methoxy groups -OCH3 is 1. The molecule has 0 amide bonds. The molecule has 0 bridgehead atoms. The zero-order valence-corrected chi connectivity index (χ0v) is 12.2. The number of hydrogen-bond acceptors (Lipinski definition) is 5. The van der Waals surface area contributed by atoms with Gasteiger partial charge in [0.15, 0.2) is 0 Å². The van der Waals surface area contributed by atoms with Crippen LogP contribution in [0.1, 0.15) is 12.1 Å². The van der Waals surface area contributed by atoms with Gasteiger partial charge in [0.05, 0.1) is 34.8 Å². The highest BCUT2D eigenvalue weighted by molar-refractivity contribution is 6.05. The fourth-order valence-electron chi connectivity index (χ4n) is 2.65. The first kappa shape index (κ1) is 13.9. The van der Waals surface area contributed by atoms with E-state index in [-0.39, 0.29) is 12.7 Å². The van der Waals surface area contributed by atoms with Gasteiger partial charge in [0.25, 0.3) is 0 Å². The van der Waals surface area contributed by atoms with Crippen LogP contribution < -0.4 is 0 Å². The van der Waals surface area contributed by atoms with Crippen molar-refractivity contribution in [2.45, 2.75) is 26.0 Å². The van der Waals surface area contributed by atoms with Gasteiger partial charge in [-0.1, -0.05) is 0 Å². The smallest absolute Gasteiger partial charge is 0.146 e. The van der Waals surface area contributed by atoms with Crippen LogP contribution in [0.2, 0.25) is 0 Å². The Morgan fingerprint density at radius 2 is 2.19 bits per heavy atom. The molecule has 0 aliphatic heterocycles. The molecule has 0 saturated carbocycles. The number of fused-ring (bicyclic) bond motifs is 3. The van der Waals surface area contributed by atoms with Gasteiger partial charge in [-0.15, -0.1) is 0 Å². The van der Waals surface area contributed by atoms with Crippen molar-refractivity contribution in [1.29, 1.82) is 0 Å². The molecule has 1 unspecified atom stereocenters. The summed E-state index contributed by atoms with van der Waals surface area (Å²) in [5.74, 6) is 0. The molecule has 0 fully saturated rings. The monoisotopic (exact) mass is 286 g/mol. The van der Waals surface area contributed by atoms with Crippen LogP contribution in [0, 0.1) is 6.92 Å². The molecule has 3 aromatic heterocycles. The lowest BCUT2D eigenvalue weighted by Crippen LogP contribution is -2.18. The van der Waals surface area contributed by atoms with E-state index in [0.29, 0.717) is 13.0 Å². The summed E-state index contributed by atoms with van der Waals surface area (Å²) in [5.41, 5.74) is 3.75. The second kappa shape index (κ2) is 5.75. The van der Waals surface area contributed by atoms with E-state index >= 15 is 0 Å². The van der Waals surface area contributed by atoms with Crippen molar-refractivity contribution in [2.75, 3.05) is 13.7 Å². The molecule has 3 aromatic rings. The van der Waals surface area contributed by atoms with Crippen molar-refractivity contribution in [3.05, 3.63) is 30.4 Å². The largest absolute Gasteiger partial charge is 0.394 e. The van der Waals surface area contributed by atoms with Gasteiger partial charge in [-0.25, -0.2) is 9.97 Å². The molecule has 0 spiro atoms. The Bertz CT molecular complexity index is 765. The van der Waals surface area contributed by atoms with E-state index in [1.54, 1.807) is 19.6 Å². The fourth-order valence-corrected chi connectivity index (χ4v) is 2.65. The fraction of sp³-hybridized carbons (Fsp3) is 0.400. The third kappa shape index (κ3) is 2.36. The lowest BCUT2D eigenvalue weighted by molar-refractivity contribution is 0.0407. The molecule has 0 aliphatic rings. The Labute approximate surface area is 122 Å². The van der Waals surface area contributed by atoms with Gasteiger partial charge in [-0.2, -0.15) is 0 Å². The highest BCUT2D eigenvalue weighted by atomic mass is 16.5. The van der Waals surface area contributed by atoms with E-state index < -0.39 is 0 Å². The SMILES string of the molecule is COC(CO)CCn1c2cccnc2c2c(C)ncnc21. The zero-order valence-electron chi connectivity index (χ0n) is 12.2. The minimum Gasteiger partial charge on any atom is -0.394 e. The summed E-state index contributed by atoms with van der Waals surface area (Å²) >= 11 is 0. The van der Waals surface area contributed by atoms with Gasteiger partial charge >= 0.3 is 0 Å². The maximum Gasteiger partial charge on any atom is 0.146 e. The van der Waals surface area contributed by atoms with Gasteiger partial charge in [0.2, 0.25) is 0 Å². The first-order valence-electron chi connectivity index (χ1n) is 6.94. The molecule has 1 N–H and O–H groups in total.